The molecule has 1 atom stereocenters. The Hall–Kier alpha value is -0.900. The molecule has 2 aliphatic rings. The maximum absolute atomic E-state index is 5.58. The van der Waals surface area contributed by atoms with E-state index in [1.54, 1.807) is 0 Å². The van der Waals surface area contributed by atoms with Crippen LogP contribution in [0.1, 0.15) is 31.2 Å². The predicted molar refractivity (Wildman–Crippen MR) is 131 cm³/mol. The van der Waals surface area contributed by atoms with E-state index < -0.39 is 0 Å². The van der Waals surface area contributed by atoms with Gasteiger partial charge in [0.15, 0.2) is 5.96 Å². The number of likely N-dealkylation sites (N-methyl/N-ethyl adjacent to an activating group) is 1. The minimum absolute atomic E-state index is 0. The molecule has 0 aromatic heterocycles. The topological polar surface area (TPSA) is 52.1 Å². The van der Waals surface area contributed by atoms with Crippen molar-refractivity contribution >= 4 is 29.9 Å². The van der Waals surface area contributed by atoms with Crippen LogP contribution in [0.3, 0.4) is 0 Å². The van der Waals surface area contributed by atoms with E-state index >= 15 is 0 Å². The van der Waals surface area contributed by atoms with Gasteiger partial charge < -0.3 is 20.3 Å². The molecule has 0 bridgehead atoms. The average Bonchev–Trinajstić information content (AvgIpc) is 3.16. The molecule has 1 aromatic carbocycles. The van der Waals surface area contributed by atoms with Crippen molar-refractivity contribution in [3.63, 3.8) is 0 Å². The third kappa shape index (κ3) is 6.80. The first-order valence-electron chi connectivity index (χ1n) is 10.6. The molecule has 0 spiro atoms. The summed E-state index contributed by atoms with van der Waals surface area (Å²) in [6.45, 7) is 5.71. The fourth-order valence-corrected chi connectivity index (χ4v) is 4.37. The number of aliphatic imine (C=N–C) groups is 1. The quantitative estimate of drug-likeness (QED) is 0.332. The highest BCUT2D eigenvalue weighted by atomic mass is 127. The summed E-state index contributed by atoms with van der Waals surface area (Å²) >= 11 is 0. The Bertz CT molecular complexity index is 619. The zero-order valence-electron chi connectivity index (χ0n) is 18.2. The fourth-order valence-electron chi connectivity index (χ4n) is 4.37. The van der Waals surface area contributed by atoms with Gasteiger partial charge in [-0.1, -0.05) is 30.3 Å². The molecule has 29 heavy (non-hydrogen) atoms. The first kappa shape index (κ1) is 24.4. The number of nitrogens with one attached hydrogen (secondary N) is 2. The summed E-state index contributed by atoms with van der Waals surface area (Å²) in [6.07, 6.45) is 4.62. The summed E-state index contributed by atoms with van der Waals surface area (Å²) in [4.78, 5) is 9.39. The van der Waals surface area contributed by atoms with Gasteiger partial charge in [-0.15, -0.1) is 24.0 Å². The van der Waals surface area contributed by atoms with Crippen LogP contribution < -0.4 is 10.6 Å². The van der Waals surface area contributed by atoms with Crippen molar-refractivity contribution in [3.8, 4) is 0 Å². The van der Waals surface area contributed by atoms with Crippen LogP contribution in [-0.2, 0) is 11.3 Å². The number of benzene rings is 1. The van der Waals surface area contributed by atoms with Gasteiger partial charge in [-0.3, -0.25) is 9.89 Å². The van der Waals surface area contributed by atoms with E-state index in [0.29, 0.717) is 6.04 Å². The zero-order chi connectivity index (χ0) is 19.8. The summed E-state index contributed by atoms with van der Waals surface area (Å²) < 4.78 is 5.58. The highest BCUT2D eigenvalue weighted by Crippen LogP contribution is 2.25. The minimum Gasteiger partial charge on any atom is -0.381 e. The molecule has 2 saturated heterocycles. The number of rotatable bonds is 7. The first-order valence-corrected chi connectivity index (χ1v) is 10.6. The number of nitrogens with zero attached hydrogens (tertiary/aromatic N) is 3. The van der Waals surface area contributed by atoms with E-state index in [0.717, 1.165) is 51.6 Å². The van der Waals surface area contributed by atoms with Gasteiger partial charge in [-0.25, -0.2) is 0 Å². The predicted octanol–water partition coefficient (Wildman–Crippen LogP) is 2.54. The highest BCUT2D eigenvalue weighted by Gasteiger charge is 2.35. The summed E-state index contributed by atoms with van der Waals surface area (Å²) in [7, 11) is 6.20. The van der Waals surface area contributed by atoms with Crippen molar-refractivity contribution in [1.29, 1.82) is 0 Å². The second-order valence-electron chi connectivity index (χ2n) is 8.29. The maximum Gasteiger partial charge on any atom is 0.191 e. The number of ether oxygens (including phenoxy) is 1. The van der Waals surface area contributed by atoms with Crippen LogP contribution in [-0.4, -0.2) is 81.3 Å². The van der Waals surface area contributed by atoms with Crippen molar-refractivity contribution < 1.29 is 4.74 Å². The van der Waals surface area contributed by atoms with E-state index in [1.807, 2.05) is 7.05 Å². The van der Waals surface area contributed by atoms with Gasteiger partial charge in [-0.2, -0.15) is 0 Å². The Morgan fingerprint density at radius 1 is 1.21 bits per heavy atom. The van der Waals surface area contributed by atoms with Crippen molar-refractivity contribution in [2.24, 2.45) is 4.99 Å². The molecular formula is C22H38IN5O. The third-order valence-electron chi connectivity index (χ3n) is 6.41. The van der Waals surface area contributed by atoms with Gasteiger partial charge >= 0.3 is 0 Å². The van der Waals surface area contributed by atoms with Crippen LogP contribution in [0.15, 0.2) is 35.3 Å². The van der Waals surface area contributed by atoms with E-state index in [2.05, 4.69) is 69.9 Å². The Morgan fingerprint density at radius 3 is 2.59 bits per heavy atom. The molecule has 0 radical (unpaired) electrons. The van der Waals surface area contributed by atoms with Crippen LogP contribution in [0.2, 0.25) is 0 Å². The average molecular weight is 515 g/mol. The smallest absolute Gasteiger partial charge is 0.191 e. The zero-order valence-corrected chi connectivity index (χ0v) is 20.5. The molecule has 164 valence electrons. The van der Waals surface area contributed by atoms with Crippen LogP contribution >= 0.6 is 24.0 Å². The molecule has 3 rings (SSSR count). The van der Waals surface area contributed by atoms with E-state index in [1.165, 1.54) is 24.9 Å². The largest absolute Gasteiger partial charge is 0.381 e. The minimum atomic E-state index is 0. The summed E-state index contributed by atoms with van der Waals surface area (Å²) in [6, 6.07) is 11.3. The molecule has 0 amide bonds. The standard InChI is InChI=1S/C22H37N5O.HI/c1-23-21(25-18-22(26(2)3)11-14-28-15-12-22)24-16-20-10-7-13-27(20)17-19-8-5-4-6-9-19;/h4-6,8-9,20H,7,10-18H2,1-3H3,(H2,23,24,25);1H. The van der Waals surface area contributed by atoms with Gasteiger partial charge in [0.2, 0.25) is 0 Å². The van der Waals surface area contributed by atoms with Gasteiger partial charge in [0, 0.05) is 51.5 Å². The molecule has 7 heteroatoms. The van der Waals surface area contributed by atoms with Crippen LogP contribution in [0, 0.1) is 0 Å². The lowest BCUT2D eigenvalue weighted by molar-refractivity contribution is -0.00501. The molecule has 2 heterocycles. The van der Waals surface area contributed by atoms with Crippen molar-refractivity contribution in [3.05, 3.63) is 35.9 Å². The van der Waals surface area contributed by atoms with Gasteiger partial charge in [0.05, 0.1) is 0 Å². The molecular weight excluding hydrogens is 477 g/mol. The Balaban J connectivity index is 0.00000300. The molecule has 1 aromatic rings. The lowest BCUT2D eigenvalue weighted by Crippen LogP contribution is -2.57. The second kappa shape index (κ2) is 12.1. The molecule has 0 saturated carbocycles. The molecule has 2 N–H and O–H groups in total. The van der Waals surface area contributed by atoms with Crippen LogP contribution in [0.4, 0.5) is 0 Å². The van der Waals surface area contributed by atoms with Crippen molar-refractivity contribution in [1.82, 2.24) is 20.4 Å². The number of halogens is 1. The van der Waals surface area contributed by atoms with Crippen LogP contribution in [0.5, 0.6) is 0 Å². The van der Waals surface area contributed by atoms with E-state index in [-0.39, 0.29) is 29.5 Å². The number of hydrogen-bond acceptors (Lipinski definition) is 4. The second-order valence-corrected chi connectivity index (χ2v) is 8.29. The molecule has 6 nitrogen and oxygen atoms in total. The lowest BCUT2D eigenvalue weighted by atomic mass is 9.88. The Kier molecular flexibility index (Phi) is 10.1. The fraction of sp³-hybridized carbons (Fsp3) is 0.682. The lowest BCUT2D eigenvalue weighted by Gasteiger charge is -2.43. The maximum atomic E-state index is 5.58. The third-order valence-corrected chi connectivity index (χ3v) is 6.41. The summed E-state index contributed by atoms with van der Waals surface area (Å²) in [5.74, 6) is 0.902. The summed E-state index contributed by atoms with van der Waals surface area (Å²) in [5.41, 5.74) is 1.53. The molecule has 1 unspecified atom stereocenters. The van der Waals surface area contributed by atoms with Crippen molar-refractivity contribution in [2.75, 3.05) is 54.0 Å². The number of hydrogen-bond donors (Lipinski definition) is 2. The number of likely N-dealkylation sites (tertiary alicyclic amines) is 1. The van der Waals surface area contributed by atoms with E-state index in [4.69, 9.17) is 4.74 Å². The molecule has 0 aliphatic carbocycles. The SMILES string of the molecule is CN=C(NCC1CCCN1Cc1ccccc1)NCC1(N(C)C)CCOCC1.I. The Labute approximate surface area is 193 Å². The van der Waals surface area contributed by atoms with E-state index in [9.17, 15) is 0 Å². The summed E-state index contributed by atoms with van der Waals surface area (Å²) in [5, 5.41) is 7.14. The van der Waals surface area contributed by atoms with Gasteiger partial charge in [-0.05, 0) is 51.9 Å². The number of guanidine groups is 1. The van der Waals surface area contributed by atoms with Gasteiger partial charge in [0.25, 0.3) is 0 Å². The normalized spacial score (nSPS) is 22.3. The first-order chi connectivity index (χ1) is 13.6. The van der Waals surface area contributed by atoms with Crippen molar-refractivity contribution in [2.45, 2.75) is 43.8 Å². The monoisotopic (exact) mass is 515 g/mol. The highest BCUT2D eigenvalue weighted by molar-refractivity contribution is 14.0. The Morgan fingerprint density at radius 2 is 1.93 bits per heavy atom. The van der Waals surface area contributed by atoms with Gasteiger partial charge in [0.1, 0.15) is 0 Å². The van der Waals surface area contributed by atoms with Crippen LogP contribution in [0.25, 0.3) is 0 Å². The molecule has 2 fully saturated rings. The molecule has 2 aliphatic heterocycles.